The Morgan fingerprint density at radius 1 is 1.00 bits per heavy atom. The zero-order valence-electron chi connectivity index (χ0n) is 14.0. The minimum Gasteiger partial charge on any atom is -0.497 e. The van der Waals surface area contributed by atoms with Crippen molar-refractivity contribution < 1.29 is 9.15 Å². The highest BCUT2D eigenvalue weighted by molar-refractivity contribution is 5.52. The number of aromatic nitrogens is 4. The van der Waals surface area contributed by atoms with Crippen molar-refractivity contribution in [3.8, 4) is 23.1 Å². The summed E-state index contributed by atoms with van der Waals surface area (Å²) in [5.74, 6) is 3.25. The molecule has 0 bridgehead atoms. The van der Waals surface area contributed by atoms with E-state index in [2.05, 4.69) is 21.5 Å². The van der Waals surface area contributed by atoms with Gasteiger partial charge < -0.3 is 13.7 Å². The second kappa shape index (κ2) is 6.32. The SMILES string of the molecule is COc1ccc(-n2ccnc2-c2nccn2C(C)c2ccco2)cc1. The molecule has 1 aromatic carbocycles. The van der Waals surface area contributed by atoms with E-state index in [-0.39, 0.29) is 6.04 Å². The van der Waals surface area contributed by atoms with Crippen molar-refractivity contribution in [2.45, 2.75) is 13.0 Å². The fraction of sp³-hybridized carbons (Fsp3) is 0.158. The summed E-state index contributed by atoms with van der Waals surface area (Å²) in [5.41, 5.74) is 0.994. The van der Waals surface area contributed by atoms with Crippen LogP contribution in [0, 0.1) is 0 Å². The van der Waals surface area contributed by atoms with E-state index in [0.29, 0.717) is 0 Å². The third-order valence-corrected chi connectivity index (χ3v) is 4.23. The van der Waals surface area contributed by atoms with Crippen molar-refractivity contribution in [1.29, 1.82) is 0 Å². The normalized spacial score (nSPS) is 12.2. The van der Waals surface area contributed by atoms with E-state index in [4.69, 9.17) is 9.15 Å². The molecule has 1 atom stereocenters. The Morgan fingerprint density at radius 2 is 1.76 bits per heavy atom. The lowest BCUT2D eigenvalue weighted by atomic mass is 10.2. The molecule has 126 valence electrons. The third-order valence-electron chi connectivity index (χ3n) is 4.23. The van der Waals surface area contributed by atoms with Gasteiger partial charge in [-0.15, -0.1) is 0 Å². The second-order valence-electron chi connectivity index (χ2n) is 5.67. The topological polar surface area (TPSA) is 58.0 Å². The summed E-state index contributed by atoms with van der Waals surface area (Å²) >= 11 is 0. The monoisotopic (exact) mass is 334 g/mol. The summed E-state index contributed by atoms with van der Waals surface area (Å²) in [6.45, 7) is 2.07. The summed E-state index contributed by atoms with van der Waals surface area (Å²) in [7, 11) is 1.66. The van der Waals surface area contributed by atoms with Crippen molar-refractivity contribution in [2.75, 3.05) is 7.11 Å². The maximum atomic E-state index is 5.54. The molecule has 0 amide bonds. The first-order valence-corrected chi connectivity index (χ1v) is 8.02. The van der Waals surface area contributed by atoms with Crippen LogP contribution in [0.4, 0.5) is 0 Å². The molecule has 0 spiro atoms. The van der Waals surface area contributed by atoms with E-state index < -0.39 is 0 Å². The highest BCUT2D eigenvalue weighted by atomic mass is 16.5. The zero-order chi connectivity index (χ0) is 17.2. The van der Waals surface area contributed by atoms with E-state index in [1.54, 1.807) is 25.8 Å². The van der Waals surface area contributed by atoms with E-state index in [9.17, 15) is 0 Å². The predicted octanol–water partition coefficient (Wildman–Crippen LogP) is 3.95. The van der Waals surface area contributed by atoms with Gasteiger partial charge in [0.1, 0.15) is 11.5 Å². The first kappa shape index (κ1) is 15.3. The molecule has 0 aliphatic heterocycles. The second-order valence-corrected chi connectivity index (χ2v) is 5.67. The number of rotatable bonds is 5. The van der Waals surface area contributed by atoms with Gasteiger partial charge in [0.25, 0.3) is 0 Å². The average molecular weight is 334 g/mol. The zero-order valence-corrected chi connectivity index (χ0v) is 14.0. The van der Waals surface area contributed by atoms with Gasteiger partial charge in [0.15, 0.2) is 11.6 Å². The van der Waals surface area contributed by atoms with Gasteiger partial charge in [-0.1, -0.05) is 0 Å². The van der Waals surface area contributed by atoms with Crippen LogP contribution < -0.4 is 4.74 Å². The molecular formula is C19H18N4O2. The molecule has 4 aromatic rings. The Kier molecular flexibility index (Phi) is 3.85. The van der Waals surface area contributed by atoms with Crippen molar-refractivity contribution >= 4 is 0 Å². The molecule has 0 aliphatic rings. The Morgan fingerprint density at radius 3 is 2.48 bits per heavy atom. The van der Waals surface area contributed by atoms with Crippen LogP contribution in [-0.2, 0) is 0 Å². The number of benzene rings is 1. The molecule has 0 radical (unpaired) electrons. The van der Waals surface area contributed by atoms with Crippen LogP contribution in [0.3, 0.4) is 0 Å². The Bertz CT molecular complexity index is 952. The number of methoxy groups -OCH3 is 1. The van der Waals surface area contributed by atoms with E-state index in [0.717, 1.165) is 28.8 Å². The van der Waals surface area contributed by atoms with Crippen LogP contribution in [0.1, 0.15) is 18.7 Å². The van der Waals surface area contributed by atoms with Gasteiger partial charge >= 0.3 is 0 Å². The molecule has 6 nitrogen and oxygen atoms in total. The minimum atomic E-state index is 0.0218. The van der Waals surface area contributed by atoms with Crippen molar-refractivity contribution in [2.24, 2.45) is 0 Å². The molecule has 0 fully saturated rings. The van der Waals surface area contributed by atoms with Gasteiger partial charge in [-0.05, 0) is 43.3 Å². The Balaban J connectivity index is 1.75. The number of imidazole rings is 2. The molecule has 3 heterocycles. The average Bonchev–Trinajstić information content (AvgIpc) is 3.41. The smallest absolute Gasteiger partial charge is 0.181 e. The van der Waals surface area contributed by atoms with E-state index in [1.807, 2.05) is 53.4 Å². The first-order valence-electron chi connectivity index (χ1n) is 8.02. The number of furan rings is 1. The van der Waals surface area contributed by atoms with Crippen molar-refractivity contribution in [3.05, 3.63) is 73.2 Å². The highest BCUT2D eigenvalue weighted by Gasteiger charge is 2.19. The van der Waals surface area contributed by atoms with Gasteiger partial charge in [-0.3, -0.25) is 4.57 Å². The number of nitrogens with zero attached hydrogens (tertiary/aromatic N) is 4. The molecule has 25 heavy (non-hydrogen) atoms. The van der Waals surface area contributed by atoms with Crippen LogP contribution in [0.15, 0.2) is 71.9 Å². The summed E-state index contributed by atoms with van der Waals surface area (Å²) in [4.78, 5) is 9.04. The van der Waals surface area contributed by atoms with Crippen LogP contribution in [-0.4, -0.2) is 26.2 Å². The maximum Gasteiger partial charge on any atom is 0.181 e. The van der Waals surface area contributed by atoms with Gasteiger partial charge in [-0.25, -0.2) is 9.97 Å². The van der Waals surface area contributed by atoms with Crippen LogP contribution in [0.25, 0.3) is 17.3 Å². The van der Waals surface area contributed by atoms with E-state index >= 15 is 0 Å². The molecule has 0 saturated carbocycles. The molecule has 1 unspecified atom stereocenters. The first-order chi connectivity index (χ1) is 12.3. The number of hydrogen-bond acceptors (Lipinski definition) is 4. The summed E-state index contributed by atoms with van der Waals surface area (Å²) in [6, 6.07) is 11.7. The number of hydrogen-bond donors (Lipinski definition) is 0. The lowest BCUT2D eigenvalue weighted by molar-refractivity contribution is 0.414. The molecule has 0 saturated heterocycles. The van der Waals surface area contributed by atoms with Crippen molar-refractivity contribution in [3.63, 3.8) is 0 Å². The Labute approximate surface area is 145 Å². The summed E-state index contributed by atoms with van der Waals surface area (Å²) < 4.78 is 14.8. The van der Waals surface area contributed by atoms with Gasteiger partial charge in [0.05, 0.1) is 19.4 Å². The van der Waals surface area contributed by atoms with Crippen LogP contribution in [0.2, 0.25) is 0 Å². The van der Waals surface area contributed by atoms with Gasteiger partial charge in [0.2, 0.25) is 0 Å². The van der Waals surface area contributed by atoms with Crippen LogP contribution in [0.5, 0.6) is 5.75 Å². The molecule has 3 aromatic heterocycles. The molecule has 4 rings (SSSR count). The predicted molar refractivity (Wildman–Crippen MR) is 93.9 cm³/mol. The van der Waals surface area contributed by atoms with Gasteiger partial charge in [-0.2, -0.15) is 0 Å². The molecule has 0 N–H and O–H groups in total. The standard InChI is InChI=1S/C19H18N4O2/c1-14(17-4-3-13-25-17)22-11-9-20-18(22)19-21-10-12-23(19)15-5-7-16(24-2)8-6-15/h3-14H,1-2H3. The van der Waals surface area contributed by atoms with Crippen LogP contribution >= 0.6 is 0 Å². The summed E-state index contributed by atoms with van der Waals surface area (Å²) in [5, 5.41) is 0. The summed E-state index contributed by atoms with van der Waals surface area (Å²) in [6.07, 6.45) is 9.10. The highest BCUT2D eigenvalue weighted by Crippen LogP contribution is 2.27. The number of ether oxygens (including phenoxy) is 1. The fourth-order valence-electron chi connectivity index (χ4n) is 2.88. The lowest BCUT2D eigenvalue weighted by Crippen LogP contribution is -2.09. The van der Waals surface area contributed by atoms with Gasteiger partial charge in [0, 0.05) is 30.5 Å². The van der Waals surface area contributed by atoms with E-state index in [1.165, 1.54) is 0 Å². The Hall–Kier alpha value is -3.28. The third kappa shape index (κ3) is 2.71. The van der Waals surface area contributed by atoms with Crippen molar-refractivity contribution in [1.82, 2.24) is 19.1 Å². The quantitative estimate of drug-likeness (QED) is 0.554. The minimum absolute atomic E-state index is 0.0218. The molecule has 0 aliphatic carbocycles. The maximum absolute atomic E-state index is 5.54. The molecular weight excluding hydrogens is 316 g/mol. The molecule has 6 heteroatoms. The lowest BCUT2D eigenvalue weighted by Gasteiger charge is -2.15. The fourth-order valence-corrected chi connectivity index (χ4v) is 2.88. The largest absolute Gasteiger partial charge is 0.497 e.